The fourth-order valence-electron chi connectivity index (χ4n) is 1.88. The third-order valence-electron chi connectivity index (χ3n) is 2.52. The van der Waals surface area contributed by atoms with Crippen LogP contribution < -0.4 is 0 Å². The van der Waals surface area contributed by atoms with Crippen LogP contribution in [-0.2, 0) is 6.42 Å². The predicted octanol–water partition coefficient (Wildman–Crippen LogP) is 2.10. The van der Waals surface area contributed by atoms with E-state index in [4.69, 9.17) is 10.6 Å². The van der Waals surface area contributed by atoms with Gasteiger partial charge in [0.25, 0.3) is 0 Å². The van der Waals surface area contributed by atoms with Gasteiger partial charge in [0.1, 0.15) is 0 Å². The molecule has 1 aliphatic rings. The minimum absolute atomic E-state index is 0.271. The zero-order valence-electron chi connectivity index (χ0n) is 7.87. The summed E-state index contributed by atoms with van der Waals surface area (Å²) < 4.78 is 0.953. The molecule has 0 aromatic carbocycles. The molecule has 0 saturated heterocycles. The lowest BCUT2D eigenvalue weighted by Crippen LogP contribution is -2.16. The van der Waals surface area contributed by atoms with Gasteiger partial charge in [-0.25, -0.2) is 4.79 Å². The number of hydrogen-bond acceptors (Lipinski definition) is 3. The van der Waals surface area contributed by atoms with Gasteiger partial charge >= 0.3 is 6.09 Å². The molecule has 15 heavy (non-hydrogen) atoms. The summed E-state index contributed by atoms with van der Waals surface area (Å²) in [6.45, 7) is 0. The van der Waals surface area contributed by atoms with Crippen LogP contribution in [0.15, 0.2) is 11.3 Å². The lowest BCUT2D eigenvalue weighted by Gasteiger charge is -2.17. The Balaban J connectivity index is 2.46. The number of azide groups is 1. The summed E-state index contributed by atoms with van der Waals surface area (Å²) in [5.41, 5.74) is 9.76. The smallest absolute Gasteiger partial charge is 0.432 e. The minimum atomic E-state index is -1.10. The lowest BCUT2D eigenvalue weighted by molar-refractivity contribution is 0.191. The highest BCUT2D eigenvalue weighted by molar-refractivity contribution is 5.68. The Morgan fingerprint density at radius 3 is 3.27 bits per heavy atom. The summed E-state index contributed by atoms with van der Waals surface area (Å²) in [6.07, 6.45) is 2.61. The fourth-order valence-corrected chi connectivity index (χ4v) is 1.88. The first-order valence-corrected chi connectivity index (χ1v) is 4.58. The molecule has 1 aromatic rings. The summed E-state index contributed by atoms with van der Waals surface area (Å²) >= 11 is 0. The van der Waals surface area contributed by atoms with E-state index in [0.29, 0.717) is 12.1 Å². The van der Waals surface area contributed by atoms with Gasteiger partial charge in [-0.2, -0.15) is 9.78 Å². The zero-order valence-corrected chi connectivity index (χ0v) is 7.87. The van der Waals surface area contributed by atoms with E-state index in [1.54, 1.807) is 0 Å². The Morgan fingerprint density at radius 1 is 1.80 bits per heavy atom. The van der Waals surface area contributed by atoms with E-state index >= 15 is 0 Å². The van der Waals surface area contributed by atoms with Crippen molar-refractivity contribution in [2.24, 2.45) is 5.11 Å². The predicted molar refractivity (Wildman–Crippen MR) is 50.5 cm³/mol. The third-order valence-corrected chi connectivity index (χ3v) is 2.52. The molecule has 0 bridgehead atoms. The fraction of sp³-hybridized carbons (Fsp3) is 0.500. The second-order valence-electron chi connectivity index (χ2n) is 3.35. The van der Waals surface area contributed by atoms with Crippen LogP contribution in [-0.4, -0.2) is 21.0 Å². The van der Waals surface area contributed by atoms with Crippen LogP contribution in [0.4, 0.5) is 4.79 Å². The van der Waals surface area contributed by atoms with E-state index in [9.17, 15) is 4.79 Å². The van der Waals surface area contributed by atoms with Crippen molar-refractivity contribution in [1.29, 1.82) is 0 Å². The minimum Gasteiger partial charge on any atom is -0.463 e. The van der Waals surface area contributed by atoms with Crippen molar-refractivity contribution in [1.82, 2.24) is 9.78 Å². The Hall–Kier alpha value is -2.01. The molecule has 1 N–H and O–H groups in total. The maximum absolute atomic E-state index is 10.8. The van der Waals surface area contributed by atoms with Crippen LogP contribution in [0.2, 0.25) is 0 Å². The Bertz CT molecular complexity index is 446. The molecule has 0 radical (unpaired) electrons. The summed E-state index contributed by atoms with van der Waals surface area (Å²) in [5, 5.41) is 16.2. The molecule has 1 aromatic heterocycles. The molecule has 1 unspecified atom stereocenters. The number of rotatable bonds is 1. The molecule has 78 valence electrons. The first-order chi connectivity index (χ1) is 7.24. The Kier molecular flexibility index (Phi) is 2.31. The highest BCUT2D eigenvalue weighted by atomic mass is 16.4. The molecular weight excluding hydrogens is 198 g/mol. The highest BCUT2D eigenvalue weighted by Gasteiger charge is 2.25. The molecule has 0 fully saturated rings. The standard InChI is InChI=1S/C8H9N5O2/c9-12-11-6-2-1-3-7-5(6)4-10-13(7)8(14)15/h4,6H,1-3H2,(H,14,15). The first-order valence-electron chi connectivity index (χ1n) is 4.58. The van der Waals surface area contributed by atoms with E-state index in [0.717, 1.165) is 23.1 Å². The van der Waals surface area contributed by atoms with Crippen LogP contribution in [0.5, 0.6) is 0 Å². The first kappa shape index (κ1) is 9.54. The molecule has 1 heterocycles. The Morgan fingerprint density at radius 2 is 2.60 bits per heavy atom. The average molecular weight is 207 g/mol. The van der Waals surface area contributed by atoms with Crippen molar-refractivity contribution < 1.29 is 9.90 Å². The van der Waals surface area contributed by atoms with Crippen molar-refractivity contribution in [2.75, 3.05) is 0 Å². The molecule has 0 saturated carbocycles. The molecule has 1 aliphatic carbocycles. The van der Waals surface area contributed by atoms with Gasteiger partial charge in [0.05, 0.1) is 17.9 Å². The van der Waals surface area contributed by atoms with Crippen LogP contribution in [0.1, 0.15) is 30.1 Å². The van der Waals surface area contributed by atoms with Gasteiger partial charge < -0.3 is 5.11 Å². The molecule has 7 nitrogen and oxygen atoms in total. The topological polar surface area (TPSA) is 104 Å². The third kappa shape index (κ3) is 1.53. The highest BCUT2D eigenvalue weighted by Crippen LogP contribution is 2.32. The van der Waals surface area contributed by atoms with Gasteiger partial charge in [0.15, 0.2) is 0 Å². The maximum Gasteiger partial charge on any atom is 0.432 e. The Labute approximate surface area is 84.9 Å². The quantitative estimate of drug-likeness (QED) is 0.433. The van der Waals surface area contributed by atoms with E-state index in [1.807, 2.05) is 0 Å². The molecule has 0 amide bonds. The van der Waals surface area contributed by atoms with E-state index in [-0.39, 0.29) is 6.04 Å². The van der Waals surface area contributed by atoms with Gasteiger partial charge in [-0.15, -0.1) is 0 Å². The molecular formula is C8H9N5O2. The number of fused-ring (bicyclic) bond motifs is 1. The van der Waals surface area contributed by atoms with Gasteiger partial charge in [-0.1, -0.05) is 5.11 Å². The monoisotopic (exact) mass is 207 g/mol. The number of hydrogen-bond donors (Lipinski definition) is 1. The van der Waals surface area contributed by atoms with Crippen molar-refractivity contribution in [3.05, 3.63) is 27.9 Å². The van der Waals surface area contributed by atoms with Crippen molar-refractivity contribution in [3.8, 4) is 0 Å². The maximum atomic E-state index is 10.8. The van der Waals surface area contributed by atoms with Gasteiger partial charge in [-0.3, -0.25) is 0 Å². The van der Waals surface area contributed by atoms with Gasteiger partial charge in [0.2, 0.25) is 0 Å². The SMILES string of the molecule is [N-]=[N+]=NC1CCCc2c1cnn2C(=O)O. The van der Waals surface area contributed by atoms with Crippen molar-refractivity contribution in [2.45, 2.75) is 25.3 Å². The summed E-state index contributed by atoms with van der Waals surface area (Å²) in [7, 11) is 0. The van der Waals surface area contributed by atoms with Gasteiger partial charge in [-0.05, 0) is 24.8 Å². The second kappa shape index (κ2) is 3.62. The van der Waals surface area contributed by atoms with Crippen LogP contribution in [0.25, 0.3) is 10.4 Å². The van der Waals surface area contributed by atoms with Crippen molar-refractivity contribution in [3.63, 3.8) is 0 Å². The number of carboxylic acid groups (broad SMARTS) is 1. The molecule has 1 atom stereocenters. The summed E-state index contributed by atoms with van der Waals surface area (Å²) in [4.78, 5) is 13.5. The normalized spacial score (nSPS) is 19.1. The number of aromatic nitrogens is 2. The molecule has 0 spiro atoms. The molecule has 0 aliphatic heterocycles. The van der Waals surface area contributed by atoms with E-state index in [2.05, 4.69) is 15.1 Å². The van der Waals surface area contributed by atoms with Gasteiger partial charge in [0, 0.05) is 10.5 Å². The van der Waals surface area contributed by atoms with E-state index < -0.39 is 6.09 Å². The van der Waals surface area contributed by atoms with Crippen LogP contribution in [0.3, 0.4) is 0 Å². The second-order valence-corrected chi connectivity index (χ2v) is 3.35. The average Bonchev–Trinajstić information content (AvgIpc) is 2.62. The lowest BCUT2D eigenvalue weighted by atomic mass is 9.94. The number of nitrogens with zero attached hydrogens (tertiary/aromatic N) is 5. The summed E-state index contributed by atoms with van der Waals surface area (Å²) in [5.74, 6) is 0. The molecule has 2 rings (SSSR count). The van der Waals surface area contributed by atoms with Crippen molar-refractivity contribution >= 4 is 6.09 Å². The van der Waals surface area contributed by atoms with Crippen LogP contribution in [0, 0.1) is 0 Å². The summed E-state index contributed by atoms with van der Waals surface area (Å²) in [6, 6.07) is -0.271. The van der Waals surface area contributed by atoms with E-state index in [1.165, 1.54) is 6.20 Å². The largest absolute Gasteiger partial charge is 0.463 e. The zero-order chi connectivity index (χ0) is 10.8. The van der Waals surface area contributed by atoms with Crippen LogP contribution >= 0.6 is 0 Å². The number of carbonyl (C=O) groups is 1. The molecule has 7 heteroatoms.